The minimum Gasteiger partial charge on any atom is -0.269 e. The number of benzene rings is 1. The van der Waals surface area contributed by atoms with Crippen LogP contribution in [0.15, 0.2) is 12.1 Å². The van der Waals surface area contributed by atoms with E-state index in [4.69, 9.17) is 0 Å². The van der Waals surface area contributed by atoms with Gasteiger partial charge in [-0.2, -0.15) is 0 Å². The Labute approximate surface area is 68.6 Å². The van der Waals surface area contributed by atoms with E-state index in [0.29, 0.717) is 0 Å². The van der Waals surface area contributed by atoms with Crippen LogP contribution in [0, 0.1) is 20.8 Å². The first-order valence-electron chi connectivity index (χ1n) is 3.57. The molecule has 0 N–H and O–H groups in total. The molecule has 0 aromatic heterocycles. The zero-order chi connectivity index (χ0) is 8.43. The Morgan fingerprint density at radius 1 is 1.09 bits per heavy atom. The van der Waals surface area contributed by atoms with Crippen LogP contribution in [-0.2, 0) is 4.57 Å². The van der Waals surface area contributed by atoms with Crippen LogP contribution in [0.2, 0.25) is 0 Å². The third-order valence-corrected chi connectivity index (χ3v) is 2.81. The summed E-state index contributed by atoms with van der Waals surface area (Å²) in [5, 5.41) is 0.896. The fraction of sp³-hybridized carbons (Fsp3) is 0.333. The molecule has 0 fully saturated rings. The van der Waals surface area contributed by atoms with Crippen LogP contribution in [-0.4, -0.2) is 0 Å². The molecular weight excluding hydrogens is 155 g/mol. The van der Waals surface area contributed by atoms with Crippen molar-refractivity contribution < 1.29 is 4.57 Å². The molecule has 0 heterocycles. The van der Waals surface area contributed by atoms with E-state index in [-0.39, 0.29) is 8.46 Å². The highest BCUT2D eigenvalue weighted by Crippen LogP contribution is 2.12. The maximum atomic E-state index is 10.6. The first kappa shape index (κ1) is 8.42. The number of hydrogen-bond donors (Lipinski definition) is 0. The van der Waals surface area contributed by atoms with Crippen molar-refractivity contribution in [3.8, 4) is 0 Å². The molecule has 2 heteroatoms. The van der Waals surface area contributed by atoms with Crippen molar-refractivity contribution in [2.24, 2.45) is 0 Å². The maximum Gasteiger partial charge on any atom is 0.192 e. The second-order valence-electron chi connectivity index (χ2n) is 2.74. The van der Waals surface area contributed by atoms with E-state index in [1.165, 1.54) is 11.1 Å². The van der Waals surface area contributed by atoms with Crippen LogP contribution < -0.4 is 5.30 Å². The molecule has 11 heavy (non-hydrogen) atoms. The van der Waals surface area contributed by atoms with E-state index in [1.54, 1.807) is 0 Å². The molecule has 1 aromatic carbocycles. The lowest BCUT2D eigenvalue weighted by Gasteiger charge is -2.04. The molecule has 0 atom stereocenters. The third-order valence-electron chi connectivity index (χ3n) is 2.13. The molecule has 0 bridgehead atoms. The molecule has 0 spiro atoms. The van der Waals surface area contributed by atoms with Gasteiger partial charge in [-0.05, 0) is 43.5 Å². The summed E-state index contributed by atoms with van der Waals surface area (Å²) in [6.45, 7) is 6.12. The predicted octanol–water partition coefficient (Wildman–Crippen LogP) is 2.53. The van der Waals surface area contributed by atoms with Gasteiger partial charge in [0.15, 0.2) is 8.46 Å². The van der Waals surface area contributed by atoms with Gasteiger partial charge in [-0.1, -0.05) is 6.07 Å². The summed E-state index contributed by atoms with van der Waals surface area (Å²) in [6, 6.07) is 3.91. The summed E-state index contributed by atoms with van der Waals surface area (Å²) in [5.74, 6) is 0. The van der Waals surface area contributed by atoms with Gasteiger partial charge in [0.05, 0.1) is 0 Å². The standard InChI is InChI=1S/C9H11OP/c1-6-4-5-9(11-10)8(3)7(6)2/h4-5H,1-3H3. The lowest BCUT2D eigenvalue weighted by atomic mass is 10.1. The summed E-state index contributed by atoms with van der Waals surface area (Å²) in [5.41, 5.74) is 3.64. The lowest BCUT2D eigenvalue weighted by molar-refractivity contribution is 0.603. The zero-order valence-electron chi connectivity index (χ0n) is 7.01. The van der Waals surface area contributed by atoms with Crippen molar-refractivity contribution >= 4 is 13.8 Å². The molecule has 1 nitrogen and oxygen atoms in total. The van der Waals surface area contributed by atoms with E-state index in [0.717, 1.165) is 10.9 Å². The molecule has 58 valence electrons. The summed E-state index contributed by atoms with van der Waals surface area (Å²) in [7, 11) is 0.120. The zero-order valence-corrected chi connectivity index (χ0v) is 7.90. The van der Waals surface area contributed by atoms with E-state index in [1.807, 2.05) is 19.1 Å². The van der Waals surface area contributed by atoms with Crippen molar-refractivity contribution in [3.05, 3.63) is 28.8 Å². The van der Waals surface area contributed by atoms with Crippen molar-refractivity contribution in [1.29, 1.82) is 0 Å². The van der Waals surface area contributed by atoms with Crippen molar-refractivity contribution in [2.45, 2.75) is 20.8 Å². The van der Waals surface area contributed by atoms with E-state index < -0.39 is 0 Å². The van der Waals surface area contributed by atoms with Gasteiger partial charge in [0, 0.05) is 5.30 Å². The average Bonchev–Trinajstić information content (AvgIpc) is 2.01. The number of hydrogen-bond acceptors (Lipinski definition) is 1. The highest BCUT2D eigenvalue weighted by Gasteiger charge is 2.01. The molecular formula is C9H11OP. The number of aryl methyl sites for hydroxylation is 1. The minimum atomic E-state index is 0.120. The normalized spacial score (nSPS) is 10.5. The predicted molar refractivity (Wildman–Crippen MR) is 47.9 cm³/mol. The Hall–Kier alpha value is -0.680. The average molecular weight is 166 g/mol. The Kier molecular flexibility index (Phi) is 2.41. The van der Waals surface area contributed by atoms with Crippen LogP contribution in [0.4, 0.5) is 0 Å². The Balaban J connectivity index is 3.36. The molecule has 0 aliphatic heterocycles. The van der Waals surface area contributed by atoms with Crippen molar-refractivity contribution in [1.82, 2.24) is 0 Å². The molecule has 1 aromatic rings. The van der Waals surface area contributed by atoms with E-state index in [2.05, 4.69) is 13.8 Å². The lowest BCUT2D eigenvalue weighted by Crippen LogP contribution is -2.01. The highest BCUT2D eigenvalue weighted by atomic mass is 31.1. The van der Waals surface area contributed by atoms with Crippen LogP contribution in [0.3, 0.4) is 0 Å². The molecule has 0 aliphatic carbocycles. The van der Waals surface area contributed by atoms with Gasteiger partial charge in [0.2, 0.25) is 0 Å². The molecule has 0 saturated carbocycles. The molecule has 0 aliphatic rings. The van der Waals surface area contributed by atoms with E-state index >= 15 is 0 Å². The molecule has 0 radical (unpaired) electrons. The summed E-state index contributed by atoms with van der Waals surface area (Å²) in [4.78, 5) is 0. The van der Waals surface area contributed by atoms with Gasteiger partial charge in [-0.25, -0.2) is 0 Å². The first-order chi connectivity index (χ1) is 5.16. The molecule has 0 unspecified atom stereocenters. The fourth-order valence-corrected chi connectivity index (χ4v) is 1.48. The van der Waals surface area contributed by atoms with Crippen LogP contribution >= 0.6 is 8.46 Å². The fourth-order valence-electron chi connectivity index (χ4n) is 1.04. The van der Waals surface area contributed by atoms with Crippen LogP contribution in [0.1, 0.15) is 16.7 Å². The minimum absolute atomic E-state index is 0.120. The SMILES string of the molecule is Cc1ccc(P=O)c(C)c1C. The van der Waals surface area contributed by atoms with Crippen molar-refractivity contribution in [3.63, 3.8) is 0 Å². The molecule has 0 saturated heterocycles. The van der Waals surface area contributed by atoms with Gasteiger partial charge < -0.3 is 0 Å². The molecule has 0 amide bonds. The Morgan fingerprint density at radius 3 is 2.27 bits per heavy atom. The van der Waals surface area contributed by atoms with Crippen LogP contribution in [0.25, 0.3) is 0 Å². The second kappa shape index (κ2) is 3.15. The van der Waals surface area contributed by atoms with Crippen molar-refractivity contribution in [2.75, 3.05) is 0 Å². The van der Waals surface area contributed by atoms with Gasteiger partial charge in [0.1, 0.15) is 0 Å². The largest absolute Gasteiger partial charge is 0.269 e. The maximum absolute atomic E-state index is 10.6. The summed E-state index contributed by atoms with van der Waals surface area (Å²) >= 11 is 0. The van der Waals surface area contributed by atoms with Gasteiger partial charge in [0.25, 0.3) is 0 Å². The Bertz CT molecular complexity index is 292. The monoisotopic (exact) mass is 166 g/mol. The summed E-state index contributed by atoms with van der Waals surface area (Å²) < 4.78 is 10.6. The first-order valence-corrected chi connectivity index (χ1v) is 4.38. The quantitative estimate of drug-likeness (QED) is 0.586. The van der Waals surface area contributed by atoms with Gasteiger partial charge in [-0.3, -0.25) is 4.57 Å². The topological polar surface area (TPSA) is 17.1 Å². The summed E-state index contributed by atoms with van der Waals surface area (Å²) in [6.07, 6.45) is 0. The molecule has 1 rings (SSSR count). The van der Waals surface area contributed by atoms with E-state index in [9.17, 15) is 4.57 Å². The van der Waals surface area contributed by atoms with Gasteiger partial charge >= 0.3 is 0 Å². The second-order valence-corrected chi connectivity index (χ2v) is 3.41. The highest BCUT2D eigenvalue weighted by molar-refractivity contribution is 7.34. The van der Waals surface area contributed by atoms with Gasteiger partial charge in [-0.15, -0.1) is 0 Å². The van der Waals surface area contributed by atoms with Crippen LogP contribution in [0.5, 0.6) is 0 Å². The smallest absolute Gasteiger partial charge is 0.192 e. The third kappa shape index (κ3) is 1.49. The Morgan fingerprint density at radius 2 is 1.73 bits per heavy atom. The number of rotatable bonds is 1.